The summed E-state index contributed by atoms with van der Waals surface area (Å²) in [6, 6.07) is 0.819. The van der Waals surface area contributed by atoms with Crippen LogP contribution in [-0.2, 0) is 6.54 Å². The van der Waals surface area contributed by atoms with Gasteiger partial charge in [-0.1, -0.05) is 0 Å². The van der Waals surface area contributed by atoms with Crippen LogP contribution < -0.4 is 10.6 Å². The van der Waals surface area contributed by atoms with Gasteiger partial charge in [-0.2, -0.15) is 0 Å². The summed E-state index contributed by atoms with van der Waals surface area (Å²) in [6.07, 6.45) is 0. The molecule has 0 saturated carbocycles. The van der Waals surface area contributed by atoms with Gasteiger partial charge in [0.1, 0.15) is 0 Å². The van der Waals surface area contributed by atoms with Gasteiger partial charge in [-0.05, 0) is 13.8 Å². The molecule has 0 amide bonds. The van der Waals surface area contributed by atoms with Crippen LogP contribution in [0.3, 0.4) is 0 Å². The summed E-state index contributed by atoms with van der Waals surface area (Å²) in [7, 11) is 0. The highest BCUT2D eigenvalue weighted by Gasteiger charge is 2.11. The normalized spacial score (nSPS) is 10.5. The molecule has 0 aliphatic rings. The molecule has 0 spiro atoms. The zero-order valence-electron chi connectivity index (χ0n) is 10.6. The number of hydrogen-bond acceptors (Lipinski definition) is 5. The van der Waals surface area contributed by atoms with E-state index in [1.54, 1.807) is 0 Å². The molecule has 0 aliphatic heterocycles. The molecule has 0 atom stereocenters. The summed E-state index contributed by atoms with van der Waals surface area (Å²) in [4.78, 5) is 8.13. The number of halogens is 2. The van der Waals surface area contributed by atoms with Gasteiger partial charge >= 0.3 is 0 Å². The van der Waals surface area contributed by atoms with Crippen molar-refractivity contribution in [3.05, 3.63) is 33.8 Å². The van der Waals surface area contributed by atoms with E-state index >= 15 is 0 Å². The van der Waals surface area contributed by atoms with Gasteiger partial charge in [-0.3, -0.25) is 0 Å². The smallest absolute Gasteiger partial charge is 0.168 e. The van der Waals surface area contributed by atoms with E-state index in [1.165, 1.54) is 11.3 Å². The Labute approximate surface area is 113 Å². The monoisotopic (exact) mass is 284 g/mol. The summed E-state index contributed by atoms with van der Waals surface area (Å²) in [5.41, 5.74) is 0.804. The fourth-order valence-corrected chi connectivity index (χ4v) is 2.16. The van der Waals surface area contributed by atoms with Gasteiger partial charge in [-0.25, -0.2) is 18.7 Å². The van der Waals surface area contributed by atoms with Crippen LogP contribution in [0.2, 0.25) is 0 Å². The van der Waals surface area contributed by atoms with Gasteiger partial charge in [0.2, 0.25) is 0 Å². The van der Waals surface area contributed by atoms with E-state index in [-0.39, 0.29) is 11.6 Å². The topological polar surface area (TPSA) is 49.8 Å². The van der Waals surface area contributed by atoms with Crippen LogP contribution in [-0.4, -0.2) is 16.5 Å². The lowest BCUT2D eigenvalue weighted by Gasteiger charge is -2.09. The second-order valence-electron chi connectivity index (χ2n) is 3.89. The Balaban J connectivity index is 2.13. The third-order valence-corrected chi connectivity index (χ3v) is 3.20. The molecule has 2 aromatic rings. The van der Waals surface area contributed by atoms with E-state index in [0.717, 1.165) is 16.8 Å². The van der Waals surface area contributed by atoms with Gasteiger partial charge < -0.3 is 10.6 Å². The Hall–Kier alpha value is -1.76. The fraction of sp³-hybridized carbons (Fsp3) is 0.333. The molecule has 2 rings (SSSR count). The van der Waals surface area contributed by atoms with Crippen LogP contribution in [0.1, 0.15) is 17.6 Å². The first-order valence-electron chi connectivity index (χ1n) is 5.85. The highest BCUT2D eigenvalue weighted by atomic mass is 32.1. The first kappa shape index (κ1) is 13.7. The van der Waals surface area contributed by atoms with Gasteiger partial charge in [0.25, 0.3) is 0 Å². The van der Waals surface area contributed by atoms with Crippen molar-refractivity contribution in [2.24, 2.45) is 0 Å². The summed E-state index contributed by atoms with van der Waals surface area (Å²) in [6.45, 7) is 4.58. The lowest BCUT2D eigenvalue weighted by Crippen LogP contribution is -2.09. The maximum Gasteiger partial charge on any atom is 0.168 e. The number of nitrogens with one attached hydrogen (secondary N) is 2. The Morgan fingerprint density at radius 1 is 1.16 bits per heavy atom. The zero-order valence-corrected chi connectivity index (χ0v) is 11.4. The number of aryl methyl sites for hydroxylation is 1. The standard InChI is InChI=1S/C12H14F2N4S/c1-3-15-11-9(13)4-10(14)12(18-11)16-5-8-6-19-7(2)17-8/h4,6H,3,5H2,1-2H3,(H2,15,16,18). The number of nitrogens with zero attached hydrogens (tertiary/aromatic N) is 2. The molecule has 0 aliphatic carbocycles. The van der Waals surface area contributed by atoms with Crippen LogP contribution in [0.4, 0.5) is 20.4 Å². The highest BCUT2D eigenvalue weighted by molar-refractivity contribution is 7.09. The first-order chi connectivity index (χ1) is 9.10. The molecular weight excluding hydrogens is 270 g/mol. The minimum absolute atomic E-state index is 0.0167. The minimum Gasteiger partial charge on any atom is -0.368 e. The molecule has 0 aromatic carbocycles. The molecule has 0 saturated heterocycles. The van der Waals surface area contributed by atoms with Gasteiger partial charge in [0.05, 0.1) is 17.2 Å². The van der Waals surface area contributed by atoms with Crippen molar-refractivity contribution >= 4 is 23.0 Å². The number of anilines is 2. The predicted molar refractivity (Wildman–Crippen MR) is 72.5 cm³/mol. The molecule has 0 unspecified atom stereocenters. The third kappa shape index (κ3) is 3.37. The lowest BCUT2D eigenvalue weighted by molar-refractivity contribution is 0.578. The molecular formula is C12H14F2N4S. The van der Waals surface area contributed by atoms with Crippen molar-refractivity contribution in [1.29, 1.82) is 0 Å². The second kappa shape index (κ2) is 5.92. The summed E-state index contributed by atoms with van der Waals surface area (Å²) in [5.74, 6) is -1.36. The molecule has 2 N–H and O–H groups in total. The lowest BCUT2D eigenvalue weighted by atomic mass is 10.3. The van der Waals surface area contributed by atoms with E-state index in [9.17, 15) is 8.78 Å². The molecule has 0 radical (unpaired) electrons. The Morgan fingerprint density at radius 2 is 1.84 bits per heavy atom. The molecule has 0 fully saturated rings. The maximum absolute atomic E-state index is 13.6. The number of hydrogen-bond donors (Lipinski definition) is 2. The van der Waals surface area contributed by atoms with Crippen molar-refractivity contribution in [3.8, 4) is 0 Å². The van der Waals surface area contributed by atoms with Crippen LogP contribution in [0, 0.1) is 18.6 Å². The fourth-order valence-electron chi connectivity index (χ4n) is 1.55. The summed E-state index contributed by atoms with van der Waals surface area (Å²) < 4.78 is 26.9. The van der Waals surface area contributed by atoms with Crippen molar-refractivity contribution in [3.63, 3.8) is 0 Å². The first-order valence-corrected chi connectivity index (χ1v) is 6.73. The number of rotatable bonds is 5. The Bertz CT molecular complexity index is 571. The highest BCUT2D eigenvalue weighted by Crippen LogP contribution is 2.19. The SMILES string of the molecule is CCNc1nc(NCc2csc(C)n2)c(F)cc1F. The van der Waals surface area contributed by atoms with Gasteiger partial charge in [0, 0.05) is 18.0 Å². The number of aromatic nitrogens is 2. The van der Waals surface area contributed by atoms with Crippen molar-refractivity contribution in [2.45, 2.75) is 20.4 Å². The maximum atomic E-state index is 13.6. The molecule has 2 aromatic heterocycles. The zero-order chi connectivity index (χ0) is 13.8. The largest absolute Gasteiger partial charge is 0.368 e. The molecule has 2 heterocycles. The molecule has 7 heteroatoms. The van der Waals surface area contributed by atoms with E-state index in [0.29, 0.717) is 13.1 Å². The van der Waals surface area contributed by atoms with Gasteiger partial charge in [-0.15, -0.1) is 11.3 Å². The molecule has 102 valence electrons. The van der Waals surface area contributed by atoms with Crippen LogP contribution in [0.5, 0.6) is 0 Å². The van der Waals surface area contributed by atoms with E-state index < -0.39 is 11.6 Å². The van der Waals surface area contributed by atoms with Crippen molar-refractivity contribution < 1.29 is 8.78 Å². The van der Waals surface area contributed by atoms with Crippen molar-refractivity contribution in [1.82, 2.24) is 9.97 Å². The Morgan fingerprint density at radius 3 is 2.42 bits per heavy atom. The van der Waals surface area contributed by atoms with Crippen LogP contribution in [0.15, 0.2) is 11.4 Å². The molecule has 0 bridgehead atoms. The van der Waals surface area contributed by atoms with E-state index in [2.05, 4.69) is 20.6 Å². The minimum atomic E-state index is -0.717. The number of pyridine rings is 1. The Kier molecular flexibility index (Phi) is 4.26. The van der Waals surface area contributed by atoms with E-state index in [4.69, 9.17) is 0 Å². The second-order valence-corrected chi connectivity index (χ2v) is 4.95. The van der Waals surface area contributed by atoms with Crippen molar-refractivity contribution in [2.75, 3.05) is 17.2 Å². The van der Waals surface area contributed by atoms with Crippen LogP contribution in [0.25, 0.3) is 0 Å². The molecule has 4 nitrogen and oxygen atoms in total. The van der Waals surface area contributed by atoms with E-state index in [1.807, 2.05) is 19.2 Å². The predicted octanol–water partition coefficient (Wildman–Crippen LogP) is 3.17. The number of thiazole rings is 1. The summed E-state index contributed by atoms with van der Waals surface area (Å²) in [5, 5.41) is 8.39. The van der Waals surface area contributed by atoms with Gasteiger partial charge in [0.15, 0.2) is 23.3 Å². The average Bonchev–Trinajstić information content (AvgIpc) is 2.77. The quantitative estimate of drug-likeness (QED) is 0.885. The van der Waals surface area contributed by atoms with Crippen LogP contribution >= 0.6 is 11.3 Å². The third-order valence-electron chi connectivity index (χ3n) is 2.38. The summed E-state index contributed by atoms with van der Waals surface area (Å²) >= 11 is 1.52. The average molecular weight is 284 g/mol. The molecule has 19 heavy (non-hydrogen) atoms.